The van der Waals surface area contributed by atoms with Crippen molar-refractivity contribution in [3.63, 3.8) is 0 Å². The summed E-state index contributed by atoms with van der Waals surface area (Å²) in [6.45, 7) is 2.66. The highest BCUT2D eigenvalue weighted by Crippen LogP contribution is 2.30. The minimum absolute atomic E-state index is 0.102. The van der Waals surface area contributed by atoms with Gasteiger partial charge in [-0.3, -0.25) is 14.3 Å². The second-order valence-corrected chi connectivity index (χ2v) is 5.24. The summed E-state index contributed by atoms with van der Waals surface area (Å²) in [5.41, 5.74) is 1.15. The van der Waals surface area contributed by atoms with Gasteiger partial charge in [0.25, 0.3) is 5.91 Å². The summed E-state index contributed by atoms with van der Waals surface area (Å²) in [4.78, 5) is 26.6. The molecule has 0 bridgehead atoms. The molecule has 1 fully saturated rings. The molecule has 2 aromatic rings. The molecule has 0 unspecified atom stereocenters. The Labute approximate surface area is 115 Å². The SMILES string of the molecule is Cc1cc(=O)c(C(=O)Nc2cnn(CC3CC3)c2)c[nH]1. The Balaban J connectivity index is 1.71. The molecule has 6 heteroatoms. The summed E-state index contributed by atoms with van der Waals surface area (Å²) in [5, 5.41) is 6.89. The monoisotopic (exact) mass is 272 g/mol. The first-order valence-electron chi connectivity index (χ1n) is 6.65. The molecule has 1 amide bonds. The van der Waals surface area contributed by atoms with Gasteiger partial charge in [0, 0.05) is 30.7 Å². The zero-order chi connectivity index (χ0) is 14.1. The number of H-pyrrole nitrogens is 1. The van der Waals surface area contributed by atoms with Crippen LogP contribution in [0.3, 0.4) is 0 Å². The van der Waals surface area contributed by atoms with E-state index in [1.807, 2.05) is 4.68 Å². The van der Waals surface area contributed by atoms with Gasteiger partial charge in [-0.1, -0.05) is 0 Å². The molecular weight excluding hydrogens is 256 g/mol. The number of anilines is 1. The Hall–Kier alpha value is -2.37. The quantitative estimate of drug-likeness (QED) is 0.886. The number of hydrogen-bond donors (Lipinski definition) is 2. The van der Waals surface area contributed by atoms with Crippen molar-refractivity contribution in [2.24, 2.45) is 5.92 Å². The lowest BCUT2D eigenvalue weighted by atomic mass is 10.2. The van der Waals surface area contributed by atoms with Crippen LogP contribution in [0.4, 0.5) is 5.69 Å². The van der Waals surface area contributed by atoms with Crippen molar-refractivity contribution in [2.45, 2.75) is 26.3 Å². The number of amides is 1. The summed E-state index contributed by atoms with van der Waals surface area (Å²) in [6, 6.07) is 1.41. The van der Waals surface area contributed by atoms with Crippen molar-refractivity contribution in [1.29, 1.82) is 0 Å². The van der Waals surface area contributed by atoms with E-state index < -0.39 is 5.91 Å². The molecule has 2 aromatic heterocycles. The van der Waals surface area contributed by atoms with E-state index in [4.69, 9.17) is 0 Å². The van der Waals surface area contributed by atoms with Gasteiger partial charge in [-0.15, -0.1) is 0 Å². The van der Waals surface area contributed by atoms with Crippen LogP contribution in [0, 0.1) is 12.8 Å². The number of carbonyl (C=O) groups is 1. The zero-order valence-electron chi connectivity index (χ0n) is 11.2. The van der Waals surface area contributed by atoms with Gasteiger partial charge < -0.3 is 10.3 Å². The van der Waals surface area contributed by atoms with Crippen molar-refractivity contribution in [3.05, 3.63) is 46.1 Å². The van der Waals surface area contributed by atoms with Gasteiger partial charge >= 0.3 is 0 Å². The van der Waals surface area contributed by atoms with E-state index in [1.54, 1.807) is 19.3 Å². The lowest BCUT2D eigenvalue weighted by Crippen LogP contribution is -2.21. The third-order valence-corrected chi connectivity index (χ3v) is 3.34. The van der Waals surface area contributed by atoms with E-state index in [2.05, 4.69) is 15.4 Å². The number of rotatable bonds is 4. The summed E-state index contributed by atoms with van der Waals surface area (Å²) >= 11 is 0. The van der Waals surface area contributed by atoms with Gasteiger partial charge in [0.05, 0.1) is 11.9 Å². The number of hydrogen-bond acceptors (Lipinski definition) is 3. The molecule has 20 heavy (non-hydrogen) atoms. The molecule has 0 spiro atoms. The number of nitrogens with zero attached hydrogens (tertiary/aromatic N) is 2. The standard InChI is InChI=1S/C14H16N4O2/c1-9-4-13(19)12(6-15-9)14(20)17-11-5-16-18(8-11)7-10-2-3-10/h4-6,8,10H,2-3,7H2,1H3,(H,15,19)(H,17,20). The Morgan fingerprint density at radius 1 is 1.55 bits per heavy atom. The number of aryl methyl sites for hydroxylation is 1. The van der Waals surface area contributed by atoms with Gasteiger partial charge in [-0.25, -0.2) is 0 Å². The van der Waals surface area contributed by atoms with Crippen LogP contribution in [0.25, 0.3) is 0 Å². The Kier molecular flexibility index (Phi) is 3.14. The highest BCUT2D eigenvalue weighted by atomic mass is 16.2. The van der Waals surface area contributed by atoms with E-state index in [1.165, 1.54) is 25.1 Å². The molecule has 2 heterocycles. The van der Waals surface area contributed by atoms with Crippen molar-refractivity contribution in [1.82, 2.24) is 14.8 Å². The van der Waals surface area contributed by atoms with Gasteiger partial charge in [0.15, 0.2) is 5.43 Å². The van der Waals surface area contributed by atoms with E-state index in [0.717, 1.165) is 18.2 Å². The average molecular weight is 272 g/mol. The zero-order valence-corrected chi connectivity index (χ0v) is 11.2. The molecule has 0 aliphatic heterocycles. The van der Waals surface area contributed by atoms with Crippen LogP contribution in [-0.2, 0) is 6.54 Å². The van der Waals surface area contributed by atoms with Crippen LogP contribution in [0.1, 0.15) is 28.9 Å². The van der Waals surface area contributed by atoms with Crippen molar-refractivity contribution >= 4 is 11.6 Å². The highest BCUT2D eigenvalue weighted by Gasteiger charge is 2.22. The summed E-state index contributed by atoms with van der Waals surface area (Å²) in [6.07, 6.45) is 7.32. The second-order valence-electron chi connectivity index (χ2n) is 5.24. The fourth-order valence-electron chi connectivity index (χ4n) is 2.04. The highest BCUT2D eigenvalue weighted by molar-refractivity contribution is 6.03. The molecule has 1 aliphatic carbocycles. The molecule has 3 rings (SSSR count). The maximum Gasteiger partial charge on any atom is 0.261 e. The molecular formula is C14H16N4O2. The number of aromatic nitrogens is 3. The van der Waals surface area contributed by atoms with Gasteiger partial charge in [0.2, 0.25) is 0 Å². The Morgan fingerprint density at radius 2 is 2.35 bits per heavy atom. The van der Waals surface area contributed by atoms with E-state index in [9.17, 15) is 9.59 Å². The maximum absolute atomic E-state index is 12.0. The van der Waals surface area contributed by atoms with Crippen LogP contribution in [0.5, 0.6) is 0 Å². The first-order chi connectivity index (χ1) is 9.61. The molecule has 2 N–H and O–H groups in total. The second kappa shape index (κ2) is 4.96. The Morgan fingerprint density at radius 3 is 3.05 bits per heavy atom. The molecule has 0 atom stereocenters. The first kappa shape index (κ1) is 12.7. The topological polar surface area (TPSA) is 79.8 Å². The summed E-state index contributed by atoms with van der Waals surface area (Å²) in [7, 11) is 0. The summed E-state index contributed by atoms with van der Waals surface area (Å²) in [5.74, 6) is 0.301. The third kappa shape index (κ3) is 2.79. The number of nitrogens with one attached hydrogen (secondary N) is 2. The van der Waals surface area contributed by atoms with E-state index in [-0.39, 0.29) is 11.0 Å². The lowest BCUT2D eigenvalue weighted by molar-refractivity contribution is 0.102. The maximum atomic E-state index is 12.0. The molecule has 0 aromatic carbocycles. The predicted molar refractivity (Wildman–Crippen MR) is 74.7 cm³/mol. The lowest BCUT2D eigenvalue weighted by Gasteiger charge is -2.02. The number of pyridine rings is 1. The Bertz CT molecular complexity index is 697. The van der Waals surface area contributed by atoms with Crippen molar-refractivity contribution < 1.29 is 4.79 Å². The molecule has 0 radical (unpaired) electrons. The minimum atomic E-state index is -0.419. The smallest absolute Gasteiger partial charge is 0.261 e. The first-order valence-corrected chi connectivity index (χ1v) is 6.65. The van der Waals surface area contributed by atoms with Crippen molar-refractivity contribution in [2.75, 3.05) is 5.32 Å². The summed E-state index contributed by atoms with van der Waals surface area (Å²) < 4.78 is 1.83. The van der Waals surface area contributed by atoms with Crippen LogP contribution in [0.15, 0.2) is 29.5 Å². The van der Waals surface area contributed by atoms with Gasteiger partial charge in [0.1, 0.15) is 5.56 Å². The largest absolute Gasteiger partial charge is 0.364 e. The average Bonchev–Trinajstić information content (AvgIpc) is 3.09. The fraction of sp³-hybridized carbons (Fsp3) is 0.357. The molecule has 6 nitrogen and oxygen atoms in total. The number of carbonyl (C=O) groups excluding carboxylic acids is 1. The predicted octanol–water partition coefficient (Wildman–Crippen LogP) is 1.54. The van der Waals surface area contributed by atoms with Gasteiger partial charge in [-0.05, 0) is 25.7 Å². The van der Waals surface area contributed by atoms with Crippen molar-refractivity contribution in [3.8, 4) is 0 Å². The molecule has 104 valence electrons. The van der Waals surface area contributed by atoms with Crippen LogP contribution in [-0.4, -0.2) is 20.7 Å². The van der Waals surface area contributed by atoms with E-state index in [0.29, 0.717) is 5.69 Å². The van der Waals surface area contributed by atoms with Crippen LogP contribution >= 0.6 is 0 Å². The van der Waals surface area contributed by atoms with Gasteiger partial charge in [-0.2, -0.15) is 5.10 Å². The molecule has 0 saturated heterocycles. The molecule has 1 saturated carbocycles. The van der Waals surface area contributed by atoms with Crippen LogP contribution < -0.4 is 10.7 Å². The normalized spacial score (nSPS) is 14.2. The molecule has 1 aliphatic rings. The number of aromatic amines is 1. The van der Waals surface area contributed by atoms with E-state index >= 15 is 0 Å². The minimum Gasteiger partial charge on any atom is -0.364 e. The third-order valence-electron chi connectivity index (χ3n) is 3.34. The fourth-order valence-corrected chi connectivity index (χ4v) is 2.04. The van der Waals surface area contributed by atoms with Crippen LogP contribution in [0.2, 0.25) is 0 Å².